The SMILES string of the molecule is C=CCOc1ccc(/C=C/C(=O)NC2CCN(c3ccc(OC)cc3)CC2)cc1OC. The highest BCUT2D eigenvalue weighted by Gasteiger charge is 2.20. The van der Waals surface area contributed by atoms with Crippen molar-refractivity contribution >= 4 is 17.7 Å². The summed E-state index contributed by atoms with van der Waals surface area (Å²) in [7, 11) is 3.26. The van der Waals surface area contributed by atoms with Gasteiger partial charge in [0, 0.05) is 30.9 Å². The van der Waals surface area contributed by atoms with E-state index >= 15 is 0 Å². The van der Waals surface area contributed by atoms with Gasteiger partial charge in [-0.2, -0.15) is 0 Å². The minimum Gasteiger partial charge on any atom is -0.497 e. The fraction of sp³-hybridized carbons (Fsp3) is 0.320. The molecule has 1 N–H and O–H groups in total. The van der Waals surface area contributed by atoms with E-state index in [1.54, 1.807) is 32.4 Å². The van der Waals surface area contributed by atoms with Crippen LogP contribution in [0.5, 0.6) is 17.2 Å². The zero-order valence-electron chi connectivity index (χ0n) is 18.2. The molecule has 0 bridgehead atoms. The largest absolute Gasteiger partial charge is 0.497 e. The van der Waals surface area contributed by atoms with Gasteiger partial charge in [0.25, 0.3) is 0 Å². The van der Waals surface area contributed by atoms with Gasteiger partial charge >= 0.3 is 0 Å². The van der Waals surface area contributed by atoms with Crippen molar-refractivity contribution in [2.45, 2.75) is 18.9 Å². The zero-order chi connectivity index (χ0) is 22.1. The highest BCUT2D eigenvalue weighted by Crippen LogP contribution is 2.28. The predicted molar refractivity (Wildman–Crippen MR) is 124 cm³/mol. The van der Waals surface area contributed by atoms with Gasteiger partial charge in [-0.1, -0.05) is 18.7 Å². The van der Waals surface area contributed by atoms with Gasteiger partial charge in [-0.3, -0.25) is 4.79 Å². The van der Waals surface area contributed by atoms with Gasteiger partial charge in [0.2, 0.25) is 5.91 Å². The van der Waals surface area contributed by atoms with Gasteiger partial charge in [-0.05, 0) is 60.9 Å². The molecule has 1 saturated heterocycles. The molecule has 0 radical (unpaired) electrons. The first-order valence-electron chi connectivity index (χ1n) is 10.4. The summed E-state index contributed by atoms with van der Waals surface area (Å²) < 4.78 is 16.1. The van der Waals surface area contributed by atoms with Crippen molar-refractivity contribution in [3.05, 3.63) is 66.8 Å². The van der Waals surface area contributed by atoms with Crippen molar-refractivity contribution in [2.75, 3.05) is 38.8 Å². The monoisotopic (exact) mass is 422 g/mol. The molecule has 2 aromatic rings. The standard InChI is InChI=1S/C25H30N2O4/c1-4-17-31-23-11-5-19(18-24(23)30-3)6-12-25(28)26-20-13-15-27(16-14-20)21-7-9-22(29-2)10-8-21/h4-12,18,20H,1,13-17H2,2-3H3,(H,26,28)/b12-6+. The molecule has 1 amide bonds. The van der Waals surface area contributed by atoms with E-state index in [-0.39, 0.29) is 11.9 Å². The van der Waals surface area contributed by atoms with Gasteiger partial charge in [0.1, 0.15) is 12.4 Å². The molecule has 6 nitrogen and oxygen atoms in total. The molecule has 1 aliphatic heterocycles. The van der Waals surface area contributed by atoms with E-state index in [9.17, 15) is 4.79 Å². The quantitative estimate of drug-likeness (QED) is 0.488. The van der Waals surface area contributed by atoms with Crippen molar-refractivity contribution in [3.63, 3.8) is 0 Å². The number of benzene rings is 2. The minimum absolute atomic E-state index is 0.0890. The second-order valence-electron chi connectivity index (χ2n) is 7.31. The molecule has 1 fully saturated rings. The highest BCUT2D eigenvalue weighted by atomic mass is 16.5. The summed E-state index contributed by atoms with van der Waals surface area (Å²) in [5.41, 5.74) is 2.05. The van der Waals surface area contributed by atoms with Crippen LogP contribution in [0.4, 0.5) is 5.69 Å². The molecule has 2 aromatic carbocycles. The molecule has 0 aliphatic carbocycles. The maximum Gasteiger partial charge on any atom is 0.244 e. The van der Waals surface area contributed by atoms with E-state index in [2.05, 4.69) is 28.9 Å². The Kier molecular flexibility index (Phi) is 7.98. The van der Waals surface area contributed by atoms with E-state index in [1.165, 1.54) is 5.69 Å². The molecule has 0 atom stereocenters. The van der Waals surface area contributed by atoms with E-state index in [4.69, 9.17) is 14.2 Å². The van der Waals surface area contributed by atoms with Gasteiger partial charge < -0.3 is 24.4 Å². The van der Waals surface area contributed by atoms with Crippen LogP contribution in [0, 0.1) is 0 Å². The average Bonchev–Trinajstić information content (AvgIpc) is 2.82. The first-order chi connectivity index (χ1) is 15.1. The second-order valence-corrected chi connectivity index (χ2v) is 7.31. The third-order valence-electron chi connectivity index (χ3n) is 5.25. The number of rotatable bonds is 9. The number of nitrogens with one attached hydrogen (secondary N) is 1. The van der Waals surface area contributed by atoms with Gasteiger partial charge in [0.05, 0.1) is 14.2 Å². The average molecular weight is 423 g/mol. The van der Waals surface area contributed by atoms with Crippen molar-refractivity contribution < 1.29 is 19.0 Å². The van der Waals surface area contributed by atoms with Gasteiger partial charge in [-0.15, -0.1) is 0 Å². The fourth-order valence-corrected chi connectivity index (χ4v) is 3.55. The number of methoxy groups -OCH3 is 2. The van der Waals surface area contributed by atoms with Crippen molar-refractivity contribution in [1.82, 2.24) is 5.32 Å². The van der Waals surface area contributed by atoms with Crippen LogP contribution in [-0.4, -0.2) is 45.9 Å². The van der Waals surface area contributed by atoms with Crippen LogP contribution in [0.15, 0.2) is 61.2 Å². The minimum atomic E-state index is -0.0890. The molecular weight excluding hydrogens is 392 g/mol. The van der Waals surface area contributed by atoms with Gasteiger partial charge in [0.15, 0.2) is 11.5 Å². The van der Waals surface area contributed by atoms with Crippen LogP contribution < -0.4 is 24.4 Å². The van der Waals surface area contributed by atoms with Crippen LogP contribution in [0.2, 0.25) is 0 Å². The topological polar surface area (TPSA) is 60.0 Å². The van der Waals surface area contributed by atoms with Crippen LogP contribution >= 0.6 is 0 Å². The van der Waals surface area contributed by atoms with E-state index < -0.39 is 0 Å². The Morgan fingerprint density at radius 3 is 2.48 bits per heavy atom. The number of anilines is 1. The Labute approximate surface area is 184 Å². The molecular formula is C25H30N2O4. The fourth-order valence-electron chi connectivity index (χ4n) is 3.55. The first-order valence-corrected chi connectivity index (χ1v) is 10.4. The Hall–Kier alpha value is -3.41. The molecule has 1 heterocycles. The summed E-state index contributed by atoms with van der Waals surface area (Å²) in [5.74, 6) is 2.03. The lowest BCUT2D eigenvalue weighted by Crippen LogP contribution is -2.44. The van der Waals surface area contributed by atoms with Crippen molar-refractivity contribution in [2.24, 2.45) is 0 Å². The number of nitrogens with zero attached hydrogens (tertiary/aromatic N) is 1. The lowest BCUT2D eigenvalue weighted by molar-refractivity contribution is -0.117. The Morgan fingerprint density at radius 2 is 1.84 bits per heavy atom. The maximum atomic E-state index is 12.4. The normalized spacial score (nSPS) is 14.3. The Morgan fingerprint density at radius 1 is 1.10 bits per heavy atom. The number of ether oxygens (including phenoxy) is 3. The molecule has 3 rings (SSSR count). The number of carbonyl (C=O) groups is 1. The Bertz CT molecular complexity index is 900. The molecule has 0 unspecified atom stereocenters. The van der Waals surface area contributed by atoms with Crippen molar-refractivity contribution in [3.8, 4) is 17.2 Å². The van der Waals surface area contributed by atoms with Crippen LogP contribution in [0.1, 0.15) is 18.4 Å². The molecule has 1 aliphatic rings. The molecule has 31 heavy (non-hydrogen) atoms. The van der Waals surface area contributed by atoms with Gasteiger partial charge in [-0.25, -0.2) is 0 Å². The summed E-state index contributed by atoms with van der Waals surface area (Å²) in [6.07, 6.45) is 6.85. The van der Waals surface area contributed by atoms with Crippen LogP contribution in [-0.2, 0) is 4.79 Å². The lowest BCUT2D eigenvalue weighted by Gasteiger charge is -2.33. The van der Waals surface area contributed by atoms with E-state index in [0.29, 0.717) is 18.1 Å². The van der Waals surface area contributed by atoms with Crippen LogP contribution in [0.3, 0.4) is 0 Å². The Balaban J connectivity index is 1.49. The zero-order valence-corrected chi connectivity index (χ0v) is 18.2. The third-order valence-corrected chi connectivity index (χ3v) is 5.25. The molecule has 164 valence electrons. The number of carbonyl (C=O) groups excluding carboxylic acids is 1. The third kappa shape index (κ3) is 6.28. The summed E-state index contributed by atoms with van der Waals surface area (Å²) in [6.45, 7) is 5.86. The molecule has 0 spiro atoms. The molecule has 0 aromatic heterocycles. The smallest absolute Gasteiger partial charge is 0.244 e. The summed E-state index contributed by atoms with van der Waals surface area (Å²) in [4.78, 5) is 14.7. The maximum absolute atomic E-state index is 12.4. The molecule has 0 saturated carbocycles. The second kappa shape index (κ2) is 11.1. The summed E-state index contributed by atoms with van der Waals surface area (Å²) in [5, 5.41) is 3.11. The number of piperidine rings is 1. The van der Waals surface area contributed by atoms with E-state index in [1.807, 2.05) is 30.3 Å². The highest BCUT2D eigenvalue weighted by molar-refractivity contribution is 5.92. The van der Waals surface area contributed by atoms with E-state index in [0.717, 1.165) is 37.2 Å². The lowest BCUT2D eigenvalue weighted by atomic mass is 10.0. The number of hydrogen-bond acceptors (Lipinski definition) is 5. The number of amides is 1. The van der Waals surface area contributed by atoms with Crippen LogP contribution in [0.25, 0.3) is 6.08 Å². The predicted octanol–water partition coefficient (Wildman–Crippen LogP) is 4.07. The summed E-state index contributed by atoms with van der Waals surface area (Å²) >= 11 is 0. The summed E-state index contributed by atoms with van der Waals surface area (Å²) in [6, 6.07) is 13.8. The first kappa shape index (κ1) is 22.3. The van der Waals surface area contributed by atoms with Crippen molar-refractivity contribution in [1.29, 1.82) is 0 Å². The molecule has 6 heteroatoms. The number of hydrogen-bond donors (Lipinski definition) is 1.